The van der Waals surface area contributed by atoms with Crippen molar-refractivity contribution in [1.29, 1.82) is 0 Å². The van der Waals surface area contributed by atoms with E-state index in [0.29, 0.717) is 12.6 Å². The number of amidine groups is 1. The van der Waals surface area contributed by atoms with Gasteiger partial charge in [-0.3, -0.25) is 0 Å². The summed E-state index contributed by atoms with van der Waals surface area (Å²) in [5.41, 5.74) is 5.55. The van der Waals surface area contributed by atoms with Crippen LogP contribution in [0.15, 0.2) is 15.0 Å². The molecule has 0 aromatic rings. The average Bonchev–Trinajstić information content (AvgIpc) is 2.52. The standard InChI is InChI=1S/C10H18N4O/c1-5-15-8(11)14-9-12-6-7(13-9)10(2,3)4/h6-7H,5H2,1-4H3,(H2,11,13,14). The fraction of sp³-hybridized carbons (Fsp3) is 0.700. The number of hydrogen-bond donors (Lipinski definition) is 1. The van der Waals surface area contributed by atoms with Crippen molar-refractivity contribution >= 4 is 18.2 Å². The minimum Gasteiger partial charge on any atom is -0.465 e. The number of nitrogens with zero attached hydrogens (tertiary/aromatic N) is 3. The Morgan fingerprint density at radius 2 is 2.27 bits per heavy atom. The lowest BCUT2D eigenvalue weighted by molar-refractivity contribution is 0.322. The molecule has 5 nitrogen and oxygen atoms in total. The highest BCUT2D eigenvalue weighted by molar-refractivity contribution is 6.00. The van der Waals surface area contributed by atoms with Crippen LogP contribution in [0.4, 0.5) is 0 Å². The molecule has 0 aromatic heterocycles. The van der Waals surface area contributed by atoms with Crippen molar-refractivity contribution in [2.75, 3.05) is 6.61 Å². The maximum absolute atomic E-state index is 5.49. The highest BCUT2D eigenvalue weighted by atomic mass is 16.5. The van der Waals surface area contributed by atoms with Gasteiger partial charge in [-0.05, 0) is 12.3 Å². The molecular formula is C10H18N4O. The van der Waals surface area contributed by atoms with E-state index in [4.69, 9.17) is 10.5 Å². The molecule has 84 valence electrons. The summed E-state index contributed by atoms with van der Waals surface area (Å²) < 4.78 is 5.00. The quantitative estimate of drug-likeness (QED) is 0.521. The van der Waals surface area contributed by atoms with E-state index < -0.39 is 0 Å². The zero-order chi connectivity index (χ0) is 11.5. The Balaban J connectivity index is 2.69. The molecular weight excluding hydrogens is 192 g/mol. The van der Waals surface area contributed by atoms with E-state index in [0.717, 1.165) is 0 Å². The van der Waals surface area contributed by atoms with E-state index >= 15 is 0 Å². The predicted octanol–water partition coefficient (Wildman–Crippen LogP) is 1.19. The Hall–Kier alpha value is -1.39. The minimum atomic E-state index is 0.0567. The molecule has 1 atom stereocenters. The summed E-state index contributed by atoms with van der Waals surface area (Å²) in [6, 6.07) is 0.175. The smallest absolute Gasteiger partial charge is 0.290 e. The third kappa shape index (κ3) is 3.34. The lowest BCUT2D eigenvalue weighted by Crippen LogP contribution is -2.24. The summed E-state index contributed by atoms with van der Waals surface area (Å²) in [5, 5.41) is 0. The zero-order valence-corrected chi connectivity index (χ0v) is 9.69. The fourth-order valence-electron chi connectivity index (χ4n) is 1.08. The molecule has 0 bridgehead atoms. The van der Waals surface area contributed by atoms with Gasteiger partial charge in [-0.1, -0.05) is 20.8 Å². The van der Waals surface area contributed by atoms with E-state index in [1.54, 1.807) is 6.21 Å². The summed E-state index contributed by atoms with van der Waals surface area (Å²) in [4.78, 5) is 12.4. The van der Waals surface area contributed by atoms with Crippen molar-refractivity contribution in [3.63, 3.8) is 0 Å². The third-order valence-corrected chi connectivity index (χ3v) is 1.98. The summed E-state index contributed by atoms with van der Waals surface area (Å²) in [5.74, 6) is 0.390. The van der Waals surface area contributed by atoms with Gasteiger partial charge in [0.25, 0.3) is 6.02 Å². The highest BCUT2D eigenvalue weighted by Crippen LogP contribution is 2.23. The molecule has 1 unspecified atom stereocenters. The molecule has 0 fully saturated rings. The number of hydrogen-bond acceptors (Lipinski definition) is 4. The van der Waals surface area contributed by atoms with Crippen LogP contribution < -0.4 is 5.73 Å². The van der Waals surface area contributed by atoms with Crippen LogP contribution in [0, 0.1) is 5.41 Å². The minimum absolute atomic E-state index is 0.0567. The third-order valence-electron chi connectivity index (χ3n) is 1.98. The Morgan fingerprint density at radius 3 is 2.73 bits per heavy atom. The normalized spacial score (nSPS) is 21.7. The van der Waals surface area contributed by atoms with E-state index in [-0.39, 0.29) is 17.5 Å². The second kappa shape index (κ2) is 4.42. The van der Waals surface area contributed by atoms with Gasteiger partial charge in [0, 0.05) is 6.21 Å². The lowest BCUT2D eigenvalue weighted by atomic mass is 9.88. The first-order chi connectivity index (χ1) is 6.93. The van der Waals surface area contributed by atoms with Gasteiger partial charge in [-0.15, -0.1) is 0 Å². The van der Waals surface area contributed by atoms with Gasteiger partial charge < -0.3 is 10.5 Å². The van der Waals surface area contributed by atoms with Crippen molar-refractivity contribution in [3.05, 3.63) is 0 Å². The highest BCUT2D eigenvalue weighted by Gasteiger charge is 2.26. The summed E-state index contributed by atoms with van der Waals surface area (Å²) in [6.45, 7) is 8.65. The molecule has 0 aromatic carbocycles. The molecule has 1 rings (SSSR count). The topological polar surface area (TPSA) is 72.3 Å². The van der Waals surface area contributed by atoms with Gasteiger partial charge in [-0.2, -0.15) is 4.99 Å². The van der Waals surface area contributed by atoms with Crippen LogP contribution in [-0.2, 0) is 4.74 Å². The van der Waals surface area contributed by atoms with Crippen LogP contribution >= 0.6 is 0 Å². The molecule has 0 spiro atoms. The monoisotopic (exact) mass is 210 g/mol. The first-order valence-electron chi connectivity index (χ1n) is 5.02. The summed E-state index contributed by atoms with van der Waals surface area (Å²) in [6.07, 6.45) is 1.79. The summed E-state index contributed by atoms with van der Waals surface area (Å²) in [7, 11) is 0. The van der Waals surface area contributed by atoms with Crippen molar-refractivity contribution in [2.45, 2.75) is 33.7 Å². The largest absolute Gasteiger partial charge is 0.465 e. The van der Waals surface area contributed by atoms with Crippen LogP contribution in [0.25, 0.3) is 0 Å². The zero-order valence-electron chi connectivity index (χ0n) is 9.69. The number of rotatable bonds is 1. The molecule has 0 saturated carbocycles. The van der Waals surface area contributed by atoms with Gasteiger partial charge in [-0.25, -0.2) is 9.98 Å². The molecule has 15 heavy (non-hydrogen) atoms. The van der Waals surface area contributed by atoms with Crippen LogP contribution in [0.2, 0.25) is 0 Å². The number of guanidine groups is 1. The molecule has 1 heterocycles. The first kappa shape index (κ1) is 11.7. The molecule has 2 N–H and O–H groups in total. The number of ether oxygens (including phenoxy) is 1. The maximum Gasteiger partial charge on any atom is 0.290 e. The van der Waals surface area contributed by atoms with Crippen molar-refractivity contribution < 1.29 is 4.74 Å². The SMILES string of the molecule is CCO/C(N)=N/C1=NC(C(C)(C)C)C=N1. The van der Waals surface area contributed by atoms with Gasteiger partial charge in [0.2, 0.25) is 5.96 Å². The van der Waals surface area contributed by atoms with Gasteiger partial charge in [0.05, 0.1) is 12.6 Å². The van der Waals surface area contributed by atoms with Crippen LogP contribution in [-0.4, -0.2) is 30.8 Å². The summed E-state index contributed by atoms with van der Waals surface area (Å²) >= 11 is 0. The van der Waals surface area contributed by atoms with Crippen molar-refractivity contribution in [1.82, 2.24) is 0 Å². The predicted molar refractivity (Wildman–Crippen MR) is 62.4 cm³/mol. The molecule has 1 aliphatic heterocycles. The molecule has 0 saturated heterocycles. The van der Waals surface area contributed by atoms with Gasteiger partial charge >= 0.3 is 0 Å². The Bertz CT molecular complexity index is 312. The van der Waals surface area contributed by atoms with Crippen molar-refractivity contribution in [3.8, 4) is 0 Å². The van der Waals surface area contributed by atoms with Gasteiger partial charge in [0.1, 0.15) is 0 Å². The molecule has 5 heteroatoms. The van der Waals surface area contributed by atoms with Crippen molar-refractivity contribution in [2.24, 2.45) is 26.1 Å². The lowest BCUT2D eigenvalue weighted by Gasteiger charge is -2.20. The van der Waals surface area contributed by atoms with Gasteiger partial charge in [0.15, 0.2) is 0 Å². The van der Waals surface area contributed by atoms with E-state index in [1.165, 1.54) is 0 Å². The first-order valence-corrected chi connectivity index (χ1v) is 5.02. The van der Waals surface area contributed by atoms with E-state index in [9.17, 15) is 0 Å². The van der Waals surface area contributed by atoms with E-state index in [2.05, 4.69) is 35.7 Å². The maximum atomic E-state index is 5.49. The average molecular weight is 210 g/mol. The second-order valence-electron chi connectivity index (χ2n) is 4.40. The number of nitrogens with two attached hydrogens (primary N) is 1. The van der Waals surface area contributed by atoms with Crippen LogP contribution in [0.1, 0.15) is 27.7 Å². The number of aliphatic imine (C=N–C) groups is 3. The molecule has 0 amide bonds. The van der Waals surface area contributed by atoms with Crippen LogP contribution in [0.3, 0.4) is 0 Å². The van der Waals surface area contributed by atoms with Crippen LogP contribution in [0.5, 0.6) is 0 Å². The Morgan fingerprint density at radius 1 is 1.60 bits per heavy atom. The fourth-order valence-corrected chi connectivity index (χ4v) is 1.08. The second-order valence-corrected chi connectivity index (χ2v) is 4.40. The Kier molecular flexibility index (Phi) is 3.44. The molecule has 0 aliphatic carbocycles. The molecule has 0 radical (unpaired) electrons. The Labute approximate surface area is 90.2 Å². The van der Waals surface area contributed by atoms with E-state index in [1.807, 2.05) is 6.92 Å². The molecule has 1 aliphatic rings.